The fraction of sp³-hybridized carbons (Fsp3) is 0.889. The summed E-state index contributed by atoms with van der Waals surface area (Å²) < 4.78 is 0. The minimum atomic E-state index is -0.0540. The van der Waals surface area contributed by atoms with Gasteiger partial charge in [0.2, 0.25) is 0 Å². The number of allylic oxidation sites excluding steroid dienone is 4. The van der Waals surface area contributed by atoms with Crippen molar-refractivity contribution >= 4 is 0 Å². The average Bonchev–Trinajstić information content (AvgIpc) is 2.90. The van der Waals surface area contributed by atoms with Crippen molar-refractivity contribution in [2.24, 2.45) is 0 Å². The quantitative estimate of drug-likeness (QED) is 0.0714. The van der Waals surface area contributed by atoms with E-state index in [1.165, 1.54) is 173 Å². The SMILES string of the molecule is CCCCCCCCC=CCCCCCCCCC(O)CCCCCCCC=CCCCCCCCC. The summed E-state index contributed by atoms with van der Waals surface area (Å²) in [5.41, 5.74) is 0. The van der Waals surface area contributed by atoms with Gasteiger partial charge in [-0.1, -0.05) is 160 Å². The molecule has 0 bridgehead atoms. The van der Waals surface area contributed by atoms with Gasteiger partial charge < -0.3 is 5.11 Å². The zero-order chi connectivity index (χ0) is 26.9. The number of rotatable bonds is 31. The lowest BCUT2D eigenvalue weighted by Crippen LogP contribution is -2.05. The lowest BCUT2D eigenvalue weighted by atomic mass is 10.0. The van der Waals surface area contributed by atoms with Gasteiger partial charge in [0.1, 0.15) is 0 Å². The van der Waals surface area contributed by atoms with Crippen LogP contribution in [0.5, 0.6) is 0 Å². The third-order valence-corrected chi connectivity index (χ3v) is 7.85. The fourth-order valence-corrected chi connectivity index (χ4v) is 5.22. The standard InChI is InChI=1S/C36H70O/c1-3-5-7-9-11-13-15-17-19-21-23-25-27-29-31-33-35-36(37)34-32-30-28-26-24-22-20-18-16-14-12-10-8-6-4-2/h17-20,36-37H,3-16,21-35H2,1-2H3. The van der Waals surface area contributed by atoms with Crippen LogP contribution < -0.4 is 0 Å². The molecule has 0 spiro atoms. The van der Waals surface area contributed by atoms with Gasteiger partial charge in [0.05, 0.1) is 6.10 Å². The molecule has 1 heteroatoms. The van der Waals surface area contributed by atoms with Crippen LogP contribution in [0.2, 0.25) is 0 Å². The molecule has 0 aliphatic rings. The van der Waals surface area contributed by atoms with Crippen LogP contribution in [-0.4, -0.2) is 11.2 Å². The van der Waals surface area contributed by atoms with Crippen LogP contribution in [0.1, 0.15) is 200 Å². The van der Waals surface area contributed by atoms with Crippen LogP contribution in [0.3, 0.4) is 0 Å². The van der Waals surface area contributed by atoms with E-state index in [-0.39, 0.29) is 6.10 Å². The van der Waals surface area contributed by atoms with Crippen molar-refractivity contribution in [1.82, 2.24) is 0 Å². The normalized spacial score (nSPS) is 12.8. The molecule has 37 heavy (non-hydrogen) atoms. The van der Waals surface area contributed by atoms with E-state index in [0.29, 0.717) is 0 Å². The maximum absolute atomic E-state index is 10.3. The van der Waals surface area contributed by atoms with Gasteiger partial charge >= 0.3 is 0 Å². The van der Waals surface area contributed by atoms with Crippen LogP contribution in [0, 0.1) is 0 Å². The highest BCUT2D eigenvalue weighted by Gasteiger charge is 2.03. The second kappa shape index (κ2) is 33.5. The zero-order valence-electron chi connectivity index (χ0n) is 25.8. The topological polar surface area (TPSA) is 20.2 Å². The molecule has 0 saturated carbocycles. The van der Waals surface area contributed by atoms with Gasteiger partial charge in [-0.25, -0.2) is 0 Å². The summed E-state index contributed by atoms with van der Waals surface area (Å²) in [6.07, 6.45) is 48.0. The summed E-state index contributed by atoms with van der Waals surface area (Å²) in [7, 11) is 0. The predicted molar refractivity (Wildman–Crippen MR) is 170 cm³/mol. The molecule has 1 atom stereocenters. The molecule has 1 nitrogen and oxygen atoms in total. The third kappa shape index (κ3) is 33.4. The number of hydrogen-bond donors (Lipinski definition) is 1. The molecule has 0 aliphatic carbocycles. The maximum Gasteiger partial charge on any atom is 0.0540 e. The molecule has 1 N–H and O–H groups in total. The first-order valence-corrected chi connectivity index (χ1v) is 17.3. The van der Waals surface area contributed by atoms with Gasteiger partial charge in [-0.2, -0.15) is 0 Å². The number of aliphatic hydroxyl groups excluding tert-OH is 1. The number of aliphatic hydroxyl groups is 1. The molecule has 0 aromatic heterocycles. The van der Waals surface area contributed by atoms with Crippen molar-refractivity contribution in [3.63, 3.8) is 0 Å². The largest absolute Gasteiger partial charge is 0.393 e. The van der Waals surface area contributed by atoms with Crippen molar-refractivity contribution in [3.8, 4) is 0 Å². The molecular weight excluding hydrogens is 448 g/mol. The second-order valence-electron chi connectivity index (χ2n) is 11.8. The first-order chi connectivity index (χ1) is 18.3. The monoisotopic (exact) mass is 519 g/mol. The van der Waals surface area contributed by atoms with Crippen molar-refractivity contribution in [2.45, 2.75) is 206 Å². The van der Waals surface area contributed by atoms with E-state index in [0.717, 1.165) is 12.8 Å². The molecule has 0 aromatic carbocycles. The average molecular weight is 519 g/mol. The summed E-state index contributed by atoms with van der Waals surface area (Å²) in [6, 6.07) is 0. The van der Waals surface area contributed by atoms with Gasteiger partial charge in [0.15, 0.2) is 0 Å². The van der Waals surface area contributed by atoms with E-state index < -0.39 is 0 Å². The smallest absolute Gasteiger partial charge is 0.0540 e. The fourth-order valence-electron chi connectivity index (χ4n) is 5.22. The van der Waals surface area contributed by atoms with Gasteiger partial charge in [0, 0.05) is 0 Å². The van der Waals surface area contributed by atoms with Gasteiger partial charge in [0.25, 0.3) is 0 Å². The molecule has 0 heterocycles. The van der Waals surface area contributed by atoms with Crippen LogP contribution in [0.15, 0.2) is 24.3 Å². The highest BCUT2D eigenvalue weighted by atomic mass is 16.3. The van der Waals surface area contributed by atoms with Gasteiger partial charge in [-0.15, -0.1) is 0 Å². The Morgan fingerprint density at radius 2 is 0.595 bits per heavy atom. The molecule has 0 radical (unpaired) electrons. The molecule has 0 rings (SSSR count). The van der Waals surface area contributed by atoms with Gasteiger partial charge in [-0.3, -0.25) is 0 Å². The van der Waals surface area contributed by atoms with E-state index in [4.69, 9.17) is 0 Å². The van der Waals surface area contributed by atoms with Gasteiger partial charge in [-0.05, 0) is 64.2 Å². The minimum absolute atomic E-state index is 0.0540. The van der Waals surface area contributed by atoms with E-state index in [9.17, 15) is 5.11 Å². The molecule has 0 saturated heterocycles. The van der Waals surface area contributed by atoms with Crippen molar-refractivity contribution < 1.29 is 5.11 Å². The Kier molecular flexibility index (Phi) is 33.0. The number of unbranched alkanes of at least 4 members (excludes halogenated alkanes) is 23. The van der Waals surface area contributed by atoms with Crippen LogP contribution in [-0.2, 0) is 0 Å². The summed E-state index contributed by atoms with van der Waals surface area (Å²) in [4.78, 5) is 0. The maximum atomic E-state index is 10.3. The minimum Gasteiger partial charge on any atom is -0.393 e. The molecule has 0 aliphatic heterocycles. The molecule has 0 amide bonds. The lowest BCUT2D eigenvalue weighted by molar-refractivity contribution is 0.147. The zero-order valence-corrected chi connectivity index (χ0v) is 25.8. The predicted octanol–water partition coefficient (Wildman–Crippen LogP) is 12.8. The Labute approximate surface area is 235 Å². The third-order valence-electron chi connectivity index (χ3n) is 7.85. The van der Waals surface area contributed by atoms with Crippen LogP contribution in [0.25, 0.3) is 0 Å². The molecule has 220 valence electrons. The molecule has 0 fully saturated rings. The first kappa shape index (κ1) is 36.4. The van der Waals surface area contributed by atoms with Crippen LogP contribution >= 0.6 is 0 Å². The van der Waals surface area contributed by atoms with Crippen molar-refractivity contribution in [1.29, 1.82) is 0 Å². The van der Waals surface area contributed by atoms with Crippen LogP contribution in [0.4, 0.5) is 0 Å². The summed E-state index contributed by atoms with van der Waals surface area (Å²) >= 11 is 0. The Balaban J connectivity index is 3.23. The van der Waals surface area contributed by atoms with E-state index in [1.54, 1.807) is 0 Å². The Morgan fingerprint density at radius 1 is 0.351 bits per heavy atom. The highest BCUT2D eigenvalue weighted by molar-refractivity contribution is 4.82. The Bertz CT molecular complexity index is 452. The van der Waals surface area contributed by atoms with Crippen molar-refractivity contribution in [2.75, 3.05) is 0 Å². The highest BCUT2D eigenvalue weighted by Crippen LogP contribution is 2.15. The molecule has 0 aromatic rings. The molecular formula is C36H70O. The molecule has 1 unspecified atom stereocenters. The summed E-state index contributed by atoms with van der Waals surface area (Å²) in [5.74, 6) is 0. The Morgan fingerprint density at radius 3 is 0.892 bits per heavy atom. The lowest BCUT2D eigenvalue weighted by Gasteiger charge is -2.10. The Hall–Kier alpha value is -0.560. The summed E-state index contributed by atoms with van der Waals surface area (Å²) in [5, 5.41) is 10.3. The van der Waals surface area contributed by atoms with E-state index >= 15 is 0 Å². The van der Waals surface area contributed by atoms with E-state index in [2.05, 4.69) is 38.2 Å². The number of hydrogen-bond acceptors (Lipinski definition) is 1. The van der Waals surface area contributed by atoms with Crippen molar-refractivity contribution in [3.05, 3.63) is 24.3 Å². The first-order valence-electron chi connectivity index (χ1n) is 17.3. The summed E-state index contributed by atoms with van der Waals surface area (Å²) in [6.45, 7) is 4.57. The second-order valence-corrected chi connectivity index (χ2v) is 11.8. The van der Waals surface area contributed by atoms with E-state index in [1.807, 2.05) is 0 Å².